The highest BCUT2D eigenvalue weighted by Gasteiger charge is 2.24. The maximum absolute atomic E-state index is 13.4. The SMILES string of the molecule is Cc1cc(C(CN)N2CCN(CC(C)C)CC2)ccc1F. The van der Waals surface area contributed by atoms with Gasteiger partial charge in [-0.2, -0.15) is 0 Å². The first-order chi connectivity index (χ1) is 10.0. The van der Waals surface area contributed by atoms with Crippen molar-refractivity contribution in [2.45, 2.75) is 26.8 Å². The van der Waals surface area contributed by atoms with Crippen LogP contribution in [0.3, 0.4) is 0 Å². The summed E-state index contributed by atoms with van der Waals surface area (Å²) < 4.78 is 13.4. The summed E-state index contributed by atoms with van der Waals surface area (Å²) in [6.45, 7) is 12.3. The molecule has 0 saturated carbocycles. The van der Waals surface area contributed by atoms with E-state index in [-0.39, 0.29) is 11.9 Å². The van der Waals surface area contributed by atoms with Crippen molar-refractivity contribution in [1.82, 2.24) is 9.80 Å². The van der Waals surface area contributed by atoms with E-state index in [1.54, 1.807) is 6.07 Å². The van der Waals surface area contributed by atoms with Gasteiger partial charge in [-0.05, 0) is 30.0 Å². The molecule has 1 saturated heterocycles. The number of hydrogen-bond donors (Lipinski definition) is 1. The van der Waals surface area contributed by atoms with Crippen molar-refractivity contribution in [1.29, 1.82) is 0 Å². The zero-order valence-corrected chi connectivity index (χ0v) is 13.5. The van der Waals surface area contributed by atoms with Crippen molar-refractivity contribution in [3.05, 3.63) is 35.1 Å². The van der Waals surface area contributed by atoms with Gasteiger partial charge in [0.2, 0.25) is 0 Å². The van der Waals surface area contributed by atoms with Crippen molar-refractivity contribution < 1.29 is 4.39 Å². The van der Waals surface area contributed by atoms with Gasteiger partial charge < -0.3 is 10.6 Å². The van der Waals surface area contributed by atoms with Crippen molar-refractivity contribution >= 4 is 0 Å². The molecule has 1 heterocycles. The summed E-state index contributed by atoms with van der Waals surface area (Å²) in [6, 6.07) is 5.57. The molecule has 4 heteroatoms. The molecule has 2 rings (SSSR count). The van der Waals surface area contributed by atoms with Crippen molar-refractivity contribution in [3.63, 3.8) is 0 Å². The fourth-order valence-corrected chi connectivity index (χ4v) is 3.15. The van der Waals surface area contributed by atoms with Crippen LogP contribution in [0.25, 0.3) is 0 Å². The maximum atomic E-state index is 13.4. The minimum absolute atomic E-state index is 0.142. The minimum Gasteiger partial charge on any atom is -0.329 e. The zero-order chi connectivity index (χ0) is 15.4. The van der Waals surface area contributed by atoms with E-state index >= 15 is 0 Å². The van der Waals surface area contributed by atoms with Gasteiger partial charge in [-0.3, -0.25) is 4.90 Å². The second-order valence-corrected chi connectivity index (χ2v) is 6.49. The fourth-order valence-electron chi connectivity index (χ4n) is 3.15. The summed E-state index contributed by atoms with van der Waals surface area (Å²) in [5.41, 5.74) is 7.82. The van der Waals surface area contributed by atoms with Gasteiger partial charge in [0.05, 0.1) is 0 Å². The third kappa shape index (κ3) is 4.25. The predicted molar refractivity (Wildman–Crippen MR) is 85.8 cm³/mol. The first-order valence-corrected chi connectivity index (χ1v) is 7.93. The van der Waals surface area contributed by atoms with Crippen molar-refractivity contribution in [2.24, 2.45) is 11.7 Å². The monoisotopic (exact) mass is 293 g/mol. The number of nitrogens with zero attached hydrogens (tertiary/aromatic N) is 2. The highest BCUT2D eigenvalue weighted by molar-refractivity contribution is 5.27. The van der Waals surface area contributed by atoms with Crippen LogP contribution >= 0.6 is 0 Å². The van der Waals surface area contributed by atoms with Gasteiger partial charge in [0.25, 0.3) is 0 Å². The Morgan fingerprint density at radius 3 is 2.38 bits per heavy atom. The lowest BCUT2D eigenvalue weighted by Gasteiger charge is -2.39. The van der Waals surface area contributed by atoms with E-state index in [9.17, 15) is 4.39 Å². The molecule has 0 bridgehead atoms. The van der Waals surface area contributed by atoms with Gasteiger partial charge in [-0.25, -0.2) is 4.39 Å². The predicted octanol–water partition coefficient (Wildman–Crippen LogP) is 2.41. The van der Waals surface area contributed by atoms with Gasteiger partial charge >= 0.3 is 0 Å². The van der Waals surface area contributed by atoms with Gasteiger partial charge in [0.15, 0.2) is 0 Å². The molecule has 0 amide bonds. The molecule has 1 atom stereocenters. The molecule has 1 aromatic carbocycles. The summed E-state index contributed by atoms with van der Waals surface area (Å²) in [5, 5.41) is 0. The molecule has 0 aliphatic carbocycles. The average molecular weight is 293 g/mol. The number of aryl methyl sites for hydroxylation is 1. The first-order valence-electron chi connectivity index (χ1n) is 7.93. The van der Waals surface area contributed by atoms with Gasteiger partial charge in [-0.15, -0.1) is 0 Å². The Hall–Kier alpha value is -0.970. The van der Waals surface area contributed by atoms with Crippen LogP contribution in [0.15, 0.2) is 18.2 Å². The maximum Gasteiger partial charge on any atom is 0.126 e. The Morgan fingerprint density at radius 1 is 1.19 bits per heavy atom. The number of hydrogen-bond acceptors (Lipinski definition) is 3. The summed E-state index contributed by atoms with van der Waals surface area (Å²) in [5.74, 6) is 0.567. The summed E-state index contributed by atoms with van der Waals surface area (Å²) in [6.07, 6.45) is 0. The molecule has 1 aromatic rings. The number of nitrogens with two attached hydrogens (primary N) is 1. The van der Waals surface area contributed by atoms with Gasteiger partial charge in [0, 0.05) is 45.3 Å². The molecule has 1 aliphatic heterocycles. The van der Waals surface area contributed by atoms with Gasteiger partial charge in [-0.1, -0.05) is 26.0 Å². The number of benzene rings is 1. The fraction of sp³-hybridized carbons (Fsp3) is 0.647. The molecule has 118 valence electrons. The molecule has 1 aliphatic rings. The van der Waals surface area contributed by atoms with Crippen LogP contribution < -0.4 is 5.73 Å². The Kier molecular flexibility index (Phi) is 5.73. The quantitative estimate of drug-likeness (QED) is 0.905. The third-order valence-electron chi connectivity index (χ3n) is 4.26. The van der Waals surface area contributed by atoms with Crippen LogP contribution in [0, 0.1) is 18.7 Å². The molecule has 21 heavy (non-hydrogen) atoms. The number of piperazine rings is 1. The molecule has 1 fully saturated rings. The van der Waals surface area contributed by atoms with Crippen molar-refractivity contribution in [3.8, 4) is 0 Å². The molecule has 0 aromatic heterocycles. The molecule has 2 N–H and O–H groups in total. The molecule has 1 unspecified atom stereocenters. The Labute approximate surface area is 127 Å². The van der Waals surface area contributed by atoms with E-state index < -0.39 is 0 Å². The van der Waals surface area contributed by atoms with Crippen LogP contribution in [-0.2, 0) is 0 Å². The lowest BCUT2D eigenvalue weighted by molar-refractivity contribution is 0.0912. The van der Waals surface area contributed by atoms with Crippen LogP contribution in [0.2, 0.25) is 0 Å². The number of halogens is 1. The molecule has 0 spiro atoms. The molecular formula is C17H28FN3. The summed E-state index contributed by atoms with van der Waals surface area (Å²) >= 11 is 0. The van der Waals surface area contributed by atoms with Crippen LogP contribution in [0.1, 0.15) is 31.0 Å². The van der Waals surface area contributed by atoms with Crippen LogP contribution in [-0.4, -0.2) is 49.1 Å². The van der Waals surface area contributed by atoms with E-state index in [1.165, 1.54) is 0 Å². The van der Waals surface area contributed by atoms with E-state index in [2.05, 4.69) is 23.6 Å². The summed E-state index contributed by atoms with van der Waals surface area (Å²) in [7, 11) is 0. The van der Waals surface area contributed by atoms with Crippen LogP contribution in [0.4, 0.5) is 4.39 Å². The standard InChI is InChI=1S/C17H28FN3/c1-13(2)12-20-6-8-21(9-7-20)17(11-19)15-4-5-16(18)14(3)10-15/h4-5,10,13,17H,6-9,11-12,19H2,1-3H3. The highest BCUT2D eigenvalue weighted by atomic mass is 19.1. The Balaban J connectivity index is 2.00. The summed E-state index contributed by atoms with van der Waals surface area (Å²) in [4.78, 5) is 4.95. The van der Waals surface area contributed by atoms with Crippen LogP contribution in [0.5, 0.6) is 0 Å². The third-order valence-corrected chi connectivity index (χ3v) is 4.26. The highest BCUT2D eigenvalue weighted by Crippen LogP contribution is 2.23. The number of rotatable bonds is 5. The second kappa shape index (κ2) is 7.34. The largest absolute Gasteiger partial charge is 0.329 e. The van der Waals surface area contributed by atoms with E-state index in [0.717, 1.165) is 38.3 Å². The van der Waals surface area contributed by atoms with Gasteiger partial charge in [0.1, 0.15) is 5.82 Å². The molecule has 0 radical (unpaired) electrons. The lowest BCUT2D eigenvalue weighted by Crippen LogP contribution is -2.49. The van der Waals surface area contributed by atoms with E-state index in [0.29, 0.717) is 18.0 Å². The molecular weight excluding hydrogens is 265 g/mol. The smallest absolute Gasteiger partial charge is 0.126 e. The topological polar surface area (TPSA) is 32.5 Å². The Bertz CT molecular complexity index is 453. The minimum atomic E-state index is -0.142. The lowest BCUT2D eigenvalue weighted by atomic mass is 10.0. The van der Waals surface area contributed by atoms with E-state index in [4.69, 9.17) is 5.73 Å². The average Bonchev–Trinajstić information content (AvgIpc) is 2.45. The second-order valence-electron chi connectivity index (χ2n) is 6.49. The Morgan fingerprint density at radius 2 is 1.86 bits per heavy atom. The molecule has 3 nitrogen and oxygen atoms in total. The normalized spacial score (nSPS) is 19.1. The first kappa shape index (κ1) is 16.4. The van der Waals surface area contributed by atoms with E-state index in [1.807, 2.05) is 19.1 Å². The zero-order valence-electron chi connectivity index (χ0n) is 13.5. The van der Waals surface area contributed by atoms with Crippen molar-refractivity contribution in [2.75, 3.05) is 39.3 Å².